The molecule has 6 nitrogen and oxygen atoms in total. The van der Waals surface area contributed by atoms with Crippen LogP contribution in [0.2, 0.25) is 0 Å². The van der Waals surface area contributed by atoms with Crippen molar-refractivity contribution >= 4 is 16.1 Å². The molecule has 1 aliphatic heterocycles. The molecule has 0 amide bonds. The zero-order valence-corrected chi connectivity index (χ0v) is 13.4. The van der Waals surface area contributed by atoms with Crippen LogP contribution in [0.1, 0.15) is 12.0 Å². The van der Waals surface area contributed by atoms with Gasteiger partial charge in [0.05, 0.1) is 19.4 Å². The predicted molar refractivity (Wildman–Crippen MR) is 81.6 cm³/mol. The number of ether oxygens (including phenoxy) is 1. The molecule has 0 aromatic heterocycles. The highest BCUT2D eigenvalue weighted by molar-refractivity contribution is 7.85. The van der Waals surface area contributed by atoms with E-state index in [1.54, 1.807) is 0 Å². The summed E-state index contributed by atoms with van der Waals surface area (Å²) in [6, 6.07) is 9.52. The van der Waals surface area contributed by atoms with Crippen LogP contribution >= 0.6 is 0 Å². The van der Waals surface area contributed by atoms with E-state index in [1.165, 1.54) is 0 Å². The van der Waals surface area contributed by atoms with E-state index in [2.05, 4.69) is 0 Å². The van der Waals surface area contributed by atoms with E-state index in [1.807, 2.05) is 35.2 Å². The van der Waals surface area contributed by atoms with Gasteiger partial charge in [0.15, 0.2) is 0 Å². The monoisotopic (exact) mass is 327 g/mol. The summed E-state index contributed by atoms with van der Waals surface area (Å²) in [5.74, 6) is -0.134. The summed E-state index contributed by atoms with van der Waals surface area (Å²) in [7, 11) is -3.40. The highest BCUT2D eigenvalue weighted by Crippen LogP contribution is 2.17. The van der Waals surface area contributed by atoms with Crippen molar-refractivity contribution in [1.82, 2.24) is 4.90 Å². The molecule has 0 radical (unpaired) electrons. The average Bonchev–Trinajstić information content (AvgIpc) is 2.91. The molecule has 122 valence electrons. The molecule has 1 aliphatic rings. The lowest BCUT2D eigenvalue weighted by Crippen LogP contribution is -2.29. The van der Waals surface area contributed by atoms with Crippen LogP contribution in [0.5, 0.6) is 0 Å². The van der Waals surface area contributed by atoms with E-state index < -0.39 is 10.1 Å². The van der Waals surface area contributed by atoms with Gasteiger partial charge in [-0.15, -0.1) is 0 Å². The number of carbonyl (C=O) groups is 1. The largest absolute Gasteiger partial charge is 0.460 e. The van der Waals surface area contributed by atoms with Gasteiger partial charge in [0.2, 0.25) is 0 Å². The van der Waals surface area contributed by atoms with Gasteiger partial charge in [0.25, 0.3) is 10.1 Å². The van der Waals surface area contributed by atoms with Crippen LogP contribution < -0.4 is 0 Å². The minimum absolute atomic E-state index is 0.136. The second kappa shape index (κ2) is 7.71. The van der Waals surface area contributed by atoms with Gasteiger partial charge in [-0.25, -0.2) is 0 Å². The van der Waals surface area contributed by atoms with E-state index in [0.29, 0.717) is 6.54 Å². The van der Waals surface area contributed by atoms with Crippen molar-refractivity contribution in [2.24, 2.45) is 5.92 Å². The number of carbonyl (C=O) groups excluding carboxylic acids is 1. The first-order valence-electron chi connectivity index (χ1n) is 7.19. The van der Waals surface area contributed by atoms with Gasteiger partial charge in [0.1, 0.15) is 6.61 Å². The maximum Gasteiger partial charge on any atom is 0.320 e. The lowest BCUT2D eigenvalue weighted by Gasteiger charge is -2.15. The fraction of sp³-hybridized carbons (Fsp3) is 0.533. The fourth-order valence-electron chi connectivity index (χ4n) is 2.38. The number of hydrogen-bond donors (Lipinski definition) is 0. The average molecular weight is 327 g/mol. The Bertz CT molecular complexity index is 587. The van der Waals surface area contributed by atoms with Crippen LogP contribution in [0, 0.1) is 5.92 Å². The van der Waals surface area contributed by atoms with Crippen LogP contribution in [0.25, 0.3) is 0 Å². The number of rotatable bonds is 7. The topological polar surface area (TPSA) is 72.9 Å². The molecule has 2 rings (SSSR count). The zero-order chi connectivity index (χ0) is 16.0. The smallest absolute Gasteiger partial charge is 0.320 e. The van der Waals surface area contributed by atoms with Crippen molar-refractivity contribution in [1.29, 1.82) is 0 Å². The van der Waals surface area contributed by atoms with Crippen LogP contribution in [0.15, 0.2) is 30.3 Å². The molecule has 1 saturated heterocycles. The van der Waals surface area contributed by atoms with Gasteiger partial charge in [0, 0.05) is 6.54 Å². The second-order valence-corrected chi connectivity index (χ2v) is 7.17. The van der Waals surface area contributed by atoms with Gasteiger partial charge in [-0.05, 0) is 24.4 Å². The third-order valence-electron chi connectivity index (χ3n) is 3.48. The van der Waals surface area contributed by atoms with Crippen molar-refractivity contribution in [3.05, 3.63) is 35.9 Å². The zero-order valence-electron chi connectivity index (χ0n) is 12.6. The Morgan fingerprint density at radius 3 is 2.73 bits per heavy atom. The summed E-state index contributed by atoms with van der Waals surface area (Å²) in [4.78, 5) is 13.8. The maximum atomic E-state index is 11.8. The number of benzene rings is 1. The Labute approximate surface area is 131 Å². The van der Waals surface area contributed by atoms with Crippen LogP contribution in [0.3, 0.4) is 0 Å². The van der Waals surface area contributed by atoms with E-state index in [-0.39, 0.29) is 31.6 Å². The standard InChI is InChI=1S/C15H21NO5S/c1-22(18,19)21-12-14-7-8-16(9-14)10-15(17)20-11-13-5-3-2-4-6-13/h2-6,14H,7-12H2,1H3/t14-/m0/s1. The molecule has 1 aromatic rings. The summed E-state index contributed by atoms with van der Waals surface area (Å²) in [6.07, 6.45) is 1.86. The van der Waals surface area contributed by atoms with Crippen molar-refractivity contribution < 1.29 is 22.1 Å². The molecule has 0 spiro atoms. The minimum atomic E-state index is -3.40. The van der Waals surface area contributed by atoms with E-state index in [0.717, 1.165) is 24.8 Å². The minimum Gasteiger partial charge on any atom is -0.460 e. The predicted octanol–water partition coefficient (Wildman–Crippen LogP) is 1.03. The van der Waals surface area contributed by atoms with Crippen LogP contribution in [0.4, 0.5) is 0 Å². The molecule has 22 heavy (non-hydrogen) atoms. The lowest BCUT2D eigenvalue weighted by molar-refractivity contribution is -0.146. The molecule has 1 aromatic carbocycles. The molecule has 0 N–H and O–H groups in total. The van der Waals surface area contributed by atoms with Crippen molar-refractivity contribution in [3.8, 4) is 0 Å². The summed E-state index contributed by atoms with van der Waals surface area (Å²) in [5, 5.41) is 0. The Kier molecular flexibility index (Phi) is 5.93. The summed E-state index contributed by atoms with van der Waals surface area (Å²) in [5.41, 5.74) is 0.955. The molecular formula is C15H21NO5S. The highest BCUT2D eigenvalue weighted by Gasteiger charge is 2.25. The molecule has 7 heteroatoms. The normalized spacial score (nSPS) is 19.2. The Morgan fingerprint density at radius 1 is 1.32 bits per heavy atom. The number of likely N-dealkylation sites (tertiary alicyclic amines) is 1. The van der Waals surface area contributed by atoms with Gasteiger partial charge in [-0.3, -0.25) is 13.9 Å². The molecule has 0 unspecified atom stereocenters. The quantitative estimate of drug-likeness (QED) is 0.550. The van der Waals surface area contributed by atoms with Crippen molar-refractivity contribution in [2.45, 2.75) is 13.0 Å². The Morgan fingerprint density at radius 2 is 2.05 bits per heavy atom. The van der Waals surface area contributed by atoms with Gasteiger partial charge >= 0.3 is 5.97 Å². The highest BCUT2D eigenvalue weighted by atomic mass is 32.2. The molecule has 1 fully saturated rings. The lowest BCUT2D eigenvalue weighted by atomic mass is 10.1. The van der Waals surface area contributed by atoms with E-state index in [9.17, 15) is 13.2 Å². The third kappa shape index (κ3) is 6.13. The van der Waals surface area contributed by atoms with Crippen molar-refractivity contribution in [3.63, 3.8) is 0 Å². The Hall–Kier alpha value is -1.44. The Balaban J connectivity index is 1.67. The molecule has 0 bridgehead atoms. The maximum absolute atomic E-state index is 11.8. The van der Waals surface area contributed by atoms with Gasteiger partial charge in [-0.1, -0.05) is 30.3 Å². The number of esters is 1. The second-order valence-electron chi connectivity index (χ2n) is 5.52. The summed E-state index contributed by atoms with van der Waals surface area (Å²) >= 11 is 0. The van der Waals surface area contributed by atoms with Crippen molar-refractivity contribution in [2.75, 3.05) is 32.5 Å². The molecular weight excluding hydrogens is 306 g/mol. The van der Waals surface area contributed by atoms with E-state index >= 15 is 0 Å². The first-order valence-corrected chi connectivity index (χ1v) is 9.00. The molecule has 0 aliphatic carbocycles. The molecule has 1 heterocycles. The van der Waals surface area contributed by atoms with Gasteiger partial charge in [-0.2, -0.15) is 8.42 Å². The van der Waals surface area contributed by atoms with Crippen LogP contribution in [-0.2, 0) is 30.4 Å². The number of hydrogen-bond acceptors (Lipinski definition) is 6. The SMILES string of the molecule is CS(=O)(=O)OC[C@H]1CCN(CC(=O)OCc2ccccc2)C1. The fourth-order valence-corrected chi connectivity index (χ4v) is 2.82. The van der Waals surface area contributed by atoms with Gasteiger partial charge < -0.3 is 4.74 Å². The molecule has 0 saturated carbocycles. The third-order valence-corrected chi connectivity index (χ3v) is 4.05. The first kappa shape index (κ1) is 16.9. The van der Waals surface area contributed by atoms with Crippen LogP contribution in [-0.4, -0.2) is 51.8 Å². The van der Waals surface area contributed by atoms with E-state index in [4.69, 9.17) is 8.92 Å². The molecule has 1 atom stereocenters. The number of nitrogens with zero attached hydrogens (tertiary/aromatic N) is 1. The summed E-state index contributed by atoms with van der Waals surface area (Å²) in [6.45, 7) is 2.07. The first-order chi connectivity index (χ1) is 10.4. The summed E-state index contributed by atoms with van der Waals surface area (Å²) < 4.78 is 31.9.